The van der Waals surface area contributed by atoms with Crippen molar-refractivity contribution in [2.45, 2.75) is 71.1 Å². The second kappa shape index (κ2) is 5.44. The monoisotopic (exact) mass is 260 g/mol. The number of benzene rings is 1. The van der Waals surface area contributed by atoms with Crippen molar-refractivity contribution in [2.24, 2.45) is 0 Å². The SMILES string of the molecule is CCCCCCc1c(N)cc2c(c1N)C(C)(C)CC2. The Balaban J connectivity index is 2.25. The van der Waals surface area contributed by atoms with Crippen molar-refractivity contribution in [3.8, 4) is 0 Å². The van der Waals surface area contributed by atoms with Crippen molar-refractivity contribution in [3.05, 3.63) is 22.8 Å². The van der Waals surface area contributed by atoms with Crippen molar-refractivity contribution in [3.63, 3.8) is 0 Å². The lowest BCUT2D eigenvalue weighted by Gasteiger charge is -2.23. The smallest absolute Gasteiger partial charge is 0.0408 e. The first-order chi connectivity index (χ1) is 8.97. The van der Waals surface area contributed by atoms with Gasteiger partial charge in [-0.2, -0.15) is 0 Å². The van der Waals surface area contributed by atoms with Crippen LogP contribution in [0.15, 0.2) is 6.07 Å². The van der Waals surface area contributed by atoms with Gasteiger partial charge in [-0.05, 0) is 53.9 Å². The Morgan fingerprint density at radius 2 is 1.89 bits per heavy atom. The van der Waals surface area contributed by atoms with Gasteiger partial charge in [0, 0.05) is 11.4 Å². The summed E-state index contributed by atoms with van der Waals surface area (Å²) in [5.74, 6) is 0. The van der Waals surface area contributed by atoms with Crippen LogP contribution in [0.25, 0.3) is 0 Å². The van der Waals surface area contributed by atoms with Crippen LogP contribution < -0.4 is 11.5 Å². The predicted molar refractivity (Wildman–Crippen MR) is 84.5 cm³/mol. The maximum atomic E-state index is 6.45. The molecular weight excluding hydrogens is 232 g/mol. The second-order valence-corrected chi connectivity index (χ2v) is 6.59. The number of nitrogens with two attached hydrogens (primary N) is 2. The normalized spacial score (nSPS) is 16.6. The number of rotatable bonds is 5. The number of anilines is 2. The van der Waals surface area contributed by atoms with Gasteiger partial charge in [0.25, 0.3) is 0 Å². The third-order valence-corrected chi connectivity index (χ3v) is 4.57. The van der Waals surface area contributed by atoms with Gasteiger partial charge in [0.15, 0.2) is 0 Å². The Kier molecular flexibility index (Phi) is 4.07. The van der Waals surface area contributed by atoms with Crippen molar-refractivity contribution < 1.29 is 0 Å². The van der Waals surface area contributed by atoms with Gasteiger partial charge in [0.2, 0.25) is 0 Å². The molecule has 0 bridgehead atoms. The maximum absolute atomic E-state index is 6.45. The van der Waals surface area contributed by atoms with E-state index in [2.05, 4.69) is 26.8 Å². The van der Waals surface area contributed by atoms with Gasteiger partial charge in [-0.3, -0.25) is 0 Å². The molecule has 1 aliphatic carbocycles. The molecule has 0 atom stereocenters. The highest BCUT2D eigenvalue weighted by Crippen LogP contribution is 2.44. The Morgan fingerprint density at radius 3 is 2.58 bits per heavy atom. The molecule has 4 N–H and O–H groups in total. The van der Waals surface area contributed by atoms with E-state index in [1.54, 1.807) is 0 Å². The Morgan fingerprint density at radius 1 is 1.16 bits per heavy atom. The molecule has 1 aliphatic rings. The molecule has 2 nitrogen and oxygen atoms in total. The first kappa shape index (κ1) is 14.2. The Bertz CT molecular complexity index is 461. The van der Waals surface area contributed by atoms with Crippen molar-refractivity contribution in [1.82, 2.24) is 0 Å². The predicted octanol–water partition coefficient (Wildman–Crippen LogP) is 4.20. The van der Waals surface area contributed by atoms with Gasteiger partial charge in [0.05, 0.1) is 0 Å². The first-order valence-electron chi connectivity index (χ1n) is 7.67. The summed E-state index contributed by atoms with van der Waals surface area (Å²) in [5.41, 5.74) is 18.7. The summed E-state index contributed by atoms with van der Waals surface area (Å²) in [6, 6.07) is 2.18. The number of hydrogen-bond acceptors (Lipinski definition) is 2. The van der Waals surface area contributed by atoms with E-state index in [-0.39, 0.29) is 5.41 Å². The number of hydrogen-bond donors (Lipinski definition) is 2. The third kappa shape index (κ3) is 2.72. The van der Waals surface area contributed by atoms with E-state index in [4.69, 9.17) is 11.5 Å². The molecule has 0 fully saturated rings. The fourth-order valence-corrected chi connectivity index (χ4v) is 3.40. The molecule has 0 saturated heterocycles. The first-order valence-corrected chi connectivity index (χ1v) is 7.67. The summed E-state index contributed by atoms with van der Waals surface area (Å²) in [4.78, 5) is 0. The van der Waals surface area contributed by atoms with Gasteiger partial charge in [-0.15, -0.1) is 0 Å². The topological polar surface area (TPSA) is 52.0 Å². The van der Waals surface area contributed by atoms with E-state index in [1.807, 2.05) is 0 Å². The van der Waals surface area contributed by atoms with Crippen LogP contribution in [-0.4, -0.2) is 0 Å². The van der Waals surface area contributed by atoms with Crippen LogP contribution in [0.4, 0.5) is 11.4 Å². The van der Waals surface area contributed by atoms with Crippen molar-refractivity contribution in [2.75, 3.05) is 11.5 Å². The van der Waals surface area contributed by atoms with E-state index in [0.717, 1.165) is 24.2 Å². The lowest BCUT2D eigenvalue weighted by Crippen LogP contribution is -2.16. The van der Waals surface area contributed by atoms with Gasteiger partial charge in [0.1, 0.15) is 0 Å². The number of unbranched alkanes of at least 4 members (excludes halogenated alkanes) is 3. The fourth-order valence-electron chi connectivity index (χ4n) is 3.40. The second-order valence-electron chi connectivity index (χ2n) is 6.59. The molecule has 0 spiro atoms. The molecule has 0 aliphatic heterocycles. The number of fused-ring (bicyclic) bond motifs is 1. The molecule has 0 unspecified atom stereocenters. The summed E-state index contributed by atoms with van der Waals surface area (Å²) < 4.78 is 0. The quantitative estimate of drug-likeness (QED) is 0.616. The third-order valence-electron chi connectivity index (χ3n) is 4.57. The summed E-state index contributed by atoms with van der Waals surface area (Å²) >= 11 is 0. The standard InChI is InChI=1S/C17H28N2/c1-4-5-6-7-8-13-14(18)11-12-9-10-17(2,3)15(12)16(13)19/h11H,4-10,18-19H2,1-3H3. The fraction of sp³-hybridized carbons (Fsp3) is 0.647. The van der Waals surface area contributed by atoms with Crippen molar-refractivity contribution in [1.29, 1.82) is 0 Å². The van der Waals surface area contributed by atoms with Gasteiger partial charge < -0.3 is 11.5 Å². The molecule has 2 rings (SSSR count). The van der Waals surface area contributed by atoms with Crippen LogP contribution in [0.1, 0.15) is 69.6 Å². The highest BCUT2D eigenvalue weighted by Gasteiger charge is 2.33. The molecule has 1 aromatic carbocycles. The van der Waals surface area contributed by atoms with E-state index in [1.165, 1.54) is 48.8 Å². The van der Waals surface area contributed by atoms with Gasteiger partial charge >= 0.3 is 0 Å². The van der Waals surface area contributed by atoms with E-state index < -0.39 is 0 Å². The average Bonchev–Trinajstić information content (AvgIpc) is 2.63. The molecule has 0 radical (unpaired) electrons. The summed E-state index contributed by atoms with van der Waals surface area (Å²) in [5, 5.41) is 0. The molecule has 0 saturated carbocycles. The average molecular weight is 260 g/mol. The summed E-state index contributed by atoms with van der Waals surface area (Å²) in [6.45, 7) is 6.83. The number of nitrogen functional groups attached to an aromatic ring is 2. The Labute approximate surface area is 117 Å². The van der Waals surface area contributed by atoms with Crippen LogP contribution in [-0.2, 0) is 18.3 Å². The minimum atomic E-state index is 0.214. The highest BCUT2D eigenvalue weighted by molar-refractivity contribution is 5.71. The van der Waals surface area contributed by atoms with Crippen LogP contribution in [0.5, 0.6) is 0 Å². The van der Waals surface area contributed by atoms with E-state index in [9.17, 15) is 0 Å². The molecule has 0 aromatic heterocycles. The molecular formula is C17H28N2. The molecule has 2 heteroatoms. The zero-order chi connectivity index (χ0) is 14.0. The van der Waals surface area contributed by atoms with Gasteiger partial charge in [-0.1, -0.05) is 40.0 Å². The minimum absolute atomic E-state index is 0.214. The van der Waals surface area contributed by atoms with Crippen molar-refractivity contribution >= 4 is 11.4 Å². The number of aryl methyl sites for hydroxylation is 1. The summed E-state index contributed by atoms with van der Waals surface area (Å²) in [6.07, 6.45) is 8.37. The van der Waals surface area contributed by atoms with Crippen LogP contribution in [0, 0.1) is 0 Å². The van der Waals surface area contributed by atoms with Crippen LogP contribution in [0.3, 0.4) is 0 Å². The molecule has 1 aromatic rings. The lowest BCUT2D eigenvalue weighted by molar-refractivity contribution is 0.523. The van der Waals surface area contributed by atoms with Crippen LogP contribution >= 0.6 is 0 Å². The summed E-state index contributed by atoms with van der Waals surface area (Å²) in [7, 11) is 0. The van der Waals surface area contributed by atoms with E-state index >= 15 is 0 Å². The van der Waals surface area contributed by atoms with Crippen LogP contribution in [0.2, 0.25) is 0 Å². The highest BCUT2D eigenvalue weighted by atomic mass is 14.7. The largest absolute Gasteiger partial charge is 0.398 e. The van der Waals surface area contributed by atoms with Gasteiger partial charge in [-0.25, -0.2) is 0 Å². The molecule has 19 heavy (non-hydrogen) atoms. The molecule has 106 valence electrons. The lowest BCUT2D eigenvalue weighted by atomic mass is 9.83. The molecule has 0 amide bonds. The zero-order valence-corrected chi connectivity index (χ0v) is 12.7. The molecule has 0 heterocycles. The van der Waals surface area contributed by atoms with E-state index in [0.29, 0.717) is 0 Å². The minimum Gasteiger partial charge on any atom is -0.398 e. The zero-order valence-electron chi connectivity index (χ0n) is 12.7. The maximum Gasteiger partial charge on any atom is 0.0408 e. The Hall–Kier alpha value is -1.18.